The van der Waals surface area contributed by atoms with Gasteiger partial charge in [-0.15, -0.1) is 0 Å². The highest BCUT2D eigenvalue weighted by molar-refractivity contribution is 6.10. The molecule has 1 aliphatic heterocycles. The molecular weight excluding hydrogens is 865 g/mol. The zero-order chi connectivity index (χ0) is 48.9. The second-order valence-electron chi connectivity index (χ2n) is 21.1. The second-order valence-corrected chi connectivity index (χ2v) is 21.1. The van der Waals surface area contributed by atoms with Crippen molar-refractivity contribution >= 4 is 33.2 Å². The van der Waals surface area contributed by atoms with Crippen LogP contribution < -0.4 is 14.5 Å². The van der Waals surface area contributed by atoms with Gasteiger partial charge in [-0.25, -0.2) is 4.98 Å². The van der Waals surface area contributed by atoms with E-state index in [9.17, 15) is 0 Å². The molecule has 0 radical (unpaired) electrons. The highest BCUT2D eigenvalue weighted by atomic mass is 16.5. The topological polar surface area (TPSA) is 33.5 Å². The highest BCUT2D eigenvalue weighted by Crippen LogP contribution is 2.42. The minimum absolute atomic E-state index is 0.0193. The van der Waals surface area contributed by atoms with E-state index in [2.05, 4.69) is 281 Å². The Bertz CT molecular complexity index is 3570. The van der Waals surface area contributed by atoms with Gasteiger partial charge in [0.1, 0.15) is 17.3 Å². The first-order valence-corrected chi connectivity index (χ1v) is 24.8. The first-order chi connectivity index (χ1) is 34.3. The lowest BCUT2D eigenvalue weighted by atomic mass is 9.78. The summed E-state index contributed by atoms with van der Waals surface area (Å²) in [7, 11) is 0. The van der Waals surface area contributed by atoms with Crippen LogP contribution >= 0.6 is 0 Å². The van der Waals surface area contributed by atoms with Gasteiger partial charge in [-0.05, 0) is 116 Å². The van der Waals surface area contributed by atoms with Crippen molar-refractivity contribution in [2.24, 2.45) is 0 Å². The van der Waals surface area contributed by atoms with Crippen molar-refractivity contribution < 1.29 is 4.74 Å². The molecule has 0 unspecified atom stereocenters. The van der Waals surface area contributed by atoms with Crippen molar-refractivity contribution in [2.45, 2.75) is 64.7 Å². The van der Waals surface area contributed by atoms with Crippen molar-refractivity contribution in [1.29, 1.82) is 0 Å². The Hall–Kier alpha value is -8.15. The van der Waals surface area contributed by atoms with Crippen molar-refractivity contribution in [3.05, 3.63) is 253 Å². The van der Waals surface area contributed by atoms with Crippen LogP contribution in [-0.4, -0.2) is 16.2 Å². The van der Waals surface area contributed by atoms with Crippen LogP contribution in [0.5, 0.6) is 11.5 Å². The maximum Gasteiger partial charge on any atom is 0.137 e. The molecule has 8 aromatic carbocycles. The molecule has 71 heavy (non-hydrogen) atoms. The van der Waals surface area contributed by atoms with Gasteiger partial charge in [-0.1, -0.05) is 182 Å². The van der Waals surface area contributed by atoms with Crippen LogP contribution in [0, 0.1) is 0 Å². The van der Waals surface area contributed by atoms with Crippen molar-refractivity contribution in [3.8, 4) is 39.6 Å². The quantitative estimate of drug-likeness (QED) is 0.129. The predicted octanol–water partition coefficient (Wildman–Crippen LogP) is 17.0. The van der Waals surface area contributed by atoms with E-state index in [0.29, 0.717) is 6.67 Å². The zero-order valence-corrected chi connectivity index (χ0v) is 41.8. The van der Waals surface area contributed by atoms with Gasteiger partial charge < -0.3 is 14.5 Å². The van der Waals surface area contributed by atoms with E-state index in [1.165, 1.54) is 44.5 Å². The monoisotopic (exact) mass is 924 g/mol. The molecular formula is C66H60N4O. The molecule has 11 rings (SSSR count). The Morgan fingerprint density at radius 3 is 1.61 bits per heavy atom. The molecule has 5 nitrogen and oxygen atoms in total. The standard InChI is InChI=1S/C66H60N4O/c1-64(2,3)53-36-49(47-22-14-9-15-23-47)37-55(39-53)68-34-35-69(45-68)56-40-54(66(6,7)51-26-18-11-19-27-51)41-58(43-56)71-57-29-30-59-60-38-48(46-20-12-8-13-21-46)28-31-61(60)70(62(59)44-57)63-42-52(32-33-67-63)65(4,5)50-24-16-10-17-25-50/h8-44H,45H2,1-7H3. The van der Waals surface area contributed by atoms with Gasteiger partial charge in [0.25, 0.3) is 0 Å². The molecule has 5 heteroatoms. The van der Waals surface area contributed by atoms with Gasteiger partial charge in [0.05, 0.1) is 17.7 Å². The fourth-order valence-electron chi connectivity index (χ4n) is 10.2. The van der Waals surface area contributed by atoms with E-state index in [4.69, 9.17) is 9.72 Å². The van der Waals surface area contributed by atoms with Crippen LogP contribution in [0.2, 0.25) is 0 Å². The Morgan fingerprint density at radius 1 is 0.394 bits per heavy atom. The summed E-state index contributed by atoms with van der Waals surface area (Å²) in [5.74, 6) is 2.38. The summed E-state index contributed by atoms with van der Waals surface area (Å²) in [6, 6.07) is 74.2. The van der Waals surface area contributed by atoms with E-state index >= 15 is 0 Å². The van der Waals surface area contributed by atoms with Crippen LogP contribution in [0.3, 0.4) is 0 Å². The summed E-state index contributed by atoms with van der Waals surface area (Å²) in [6.07, 6.45) is 6.34. The lowest BCUT2D eigenvalue weighted by Crippen LogP contribution is -2.26. The molecule has 0 N–H and O–H groups in total. The third kappa shape index (κ3) is 8.78. The number of fused-ring (bicyclic) bond motifs is 3. The first kappa shape index (κ1) is 45.3. The third-order valence-corrected chi connectivity index (χ3v) is 14.7. The Morgan fingerprint density at radius 2 is 0.972 bits per heavy atom. The van der Waals surface area contributed by atoms with Gasteiger partial charge in [0.2, 0.25) is 0 Å². The molecule has 0 bridgehead atoms. The summed E-state index contributed by atoms with van der Waals surface area (Å²) in [6.45, 7) is 16.7. The molecule has 0 saturated heterocycles. The molecule has 0 atom stereocenters. The van der Waals surface area contributed by atoms with E-state index in [1.807, 2.05) is 6.20 Å². The van der Waals surface area contributed by atoms with Crippen molar-refractivity contribution in [3.63, 3.8) is 0 Å². The van der Waals surface area contributed by atoms with Crippen LogP contribution in [-0.2, 0) is 16.2 Å². The fourth-order valence-corrected chi connectivity index (χ4v) is 10.2. The second kappa shape index (κ2) is 18.0. The van der Waals surface area contributed by atoms with Crippen LogP contribution in [0.15, 0.2) is 225 Å². The molecule has 0 amide bonds. The molecule has 0 fully saturated rings. The van der Waals surface area contributed by atoms with E-state index < -0.39 is 0 Å². The van der Waals surface area contributed by atoms with Crippen LogP contribution in [0.4, 0.5) is 11.4 Å². The third-order valence-electron chi connectivity index (χ3n) is 14.7. The molecule has 10 aromatic rings. The van der Waals surface area contributed by atoms with Gasteiger partial charge >= 0.3 is 0 Å². The Labute approximate surface area is 419 Å². The first-order valence-electron chi connectivity index (χ1n) is 24.8. The molecule has 0 spiro atoms. The zero-order valence-electron chi connectivity index (χ0n) is 41.8. The smallest absolute Gasteiger partial charge is 0.137 e. The predicted molar refractivity (Wildman–Crippen MR) is 297 cm³/mol. The van der Waals surface area contributed by atoms with Crippen molar-refractivity contribution in [2.75, 3.05) is 16.5 Å². The number of rotatable bonds is 11. The largest absolute Gasteiger partial charge is 0.457 e. The lowest BCUT2D eigenvalue weighted by molar-refractivity contribution is 0.480. The maximum atomic E-state index is 7.11. The summed E-state index contributed by atoms with van der Waals surface area (Å²) >= 11 is 0. The van der Waals surface area contributed by atoms with E-state index in [0.717, 1.165) is 56.1 Å². The number of nitrogens with zero attached hydrogens (tertiary/aromatic N) is 4. The molecule has 2 aromatic heterocycles. The van der Waals surface area contributed by atoms with Crippen LogP contribution in [0.25, 0.3) is 49.9 Å². The summed E-state index contributed by atoms with van der Waals surface area (Å²) < 4.78 is 9.41. The average molecular weight is 925 g/mol. The number of aromatic nitrogens is 2. The summed E-state index contributed by atoms with van der Waals surface area (Å²) in [5, 5.41) is 2.29. The normalized spacial score (nSPS) is 13.1. The minimum atomic E-state index is -0.318. The number of anilines is 2. The van der Waals surface area contributed by atoms with Gasteiger partial charge in [-0.3, -0.25) is 4.57 Å². The SMILES string of the molecule is CC(C)(C)c1cc(-c2ccccc2)cc(N2C=CN(c3cc(Oc4ccc5c6cc(-c7ccccc7)ccc6n(-c6cc(C(C)(C)c7ccccc7)ccn6)c5c4)cc(C(C)(C)c4ccccc4)c3)C2)c1. The summed E-state index contributed by atoms with van der Waals surface area (Å²) in [5.41, 5.74) is 14.7. The lowest BCUT2D eigenvalue weighted by Gasteiger charge is -2.29. The molecule has 350 valence electrons. The molecule has 0 aliphatic carbocycles. The number of hydrogen-bond donors (Lipinski definition) is 0. The number of hydrogen-bond acceptors (Lipinski definition) is 4. The van der Waals surface area contributed by atoms with E-state index in [-0.39, 0.29) is 16.2 Å². The van der Waals surface area contributed by atoms with Gasteiger partial charge in [0, 0.05) is 63.7 Å². The van der Waals surface area contributed by atoms with Gasteiger partial charge in [0.15, 0.2) is 0 Å². The molecule has 1 aliphatic rings. The van der Waals surface area contributed by atoms with Crippen LogP contribution in [0.1, 0.15) is 76.3 Å². The van der Waals surface area contributed by atoms with E-state index in [1.54, 1.807) is 0 Å². The molecule has 3 heterocycles. The number of ether oxygens (including phenoxy) is 1. The summed E-state index contributed by atoms with van der Waals surface area (Å²) in [4.78, 5) is 9.75. The number of pyridine rings is 1. The highest BCUT2D eigenvalue weighted by Gasteiger charge is 2.28. The fraction of sp³-hybridized carbons (Fsp3) is 0.167. The Balaban J connectivity index is 1.01. The maximum absolute atomic E-state index is 7.11. The molecule has 0 saturated carbocycles. The van der Waals surface area contributed by atoms with Gasteiger partial charge in [-0.2, -0.15) is 0 Å². The Kier molecular flexibility index (Phi) is 11.5. The van der Waals surface area contributed by atoms with Crippen molar-refractivity contribution in [1.82, 2.24) is 9.55 Å². The number of benzene rings is 8. The average Bonchev–Trinajstić information content (AvgIpc) is 4.03. The minimum Gasteiger partial charge on any atom is -0.457 e.